The van der Waals surface area contributed by atoms with Gasteiger partial charge in [0, 0.05) is 44.7 Å². The zero-order chi connectivity index (χ0) is 22.3. The topological polar surface area (TPSA) is 58.8 Å². The second kappa shape index (κ2) is 10.4. The number of nitrogens with zero attached hydrogens (tertiary/aromatic N) is 2. The number of nitrogens with two attached hydrogens (primary N) is 1. The molecular weight excluding hydrogens is 398 g/mol. The molecule has 0 radical (unpaired) electrons. The second-order valence-electron chi connectivity index (χ2n) is 8.23. The number of anilines is 1. The normalized spacial score (nSPS) is 15.1. The van der Waals surface area contributed by atoms with Gasteiger partial charge >= 0.3 is 0 Å². The summed E-state index contributed by atoms with van der Waals surface area (Å²) in [7, 11) is 1.58. The molecule has 5 nitrogen and oxygen atoms in total. The first-order valence-corrected chi connectivity index (χ1v) is 11.2. The molecule has 0 spiro atoms. The van der Waals surface area contributed by atoms with Crippen LogP contribution < -0.4 is 10.5 Å². The minimum absolute atomic E-state index is 0.119. The molecule has 0 aliphatic carbocycles. The average Bonchev–Trinajstić information content (AvgIpc) is 2.85. The molecule has 0 bridgehead atoms. The number of carbonyl (C=O) groups excluding carboxylic acids is 1. The molecule has 0 amide bonds. The van der Waals surface area contributed by atoms with Crippen LogP contribution in [0.3, 0.4) is 0 Å². The minimum atomic E-state index is 0.119. The Kier molecular flexibility index (Phi) is 7.20. The van der Waals surface area contributed by atoms with Gasteiger partial charge < -0.3 is 15.4 Å². The molecule has 166 valence electrons. The van der Waals surface area contributed by atoms with Crippen molar-refractivity contribution in [3.63, 3.8) is 0 Å². The van der Waals surface area contributed by atoms with Crippen molar-refractivity contribution in [2.24, 2.45) is 0 Å². The molecule has 32 heavy (non-hydrogen) atoms. The molecule has 4 rings (SSSR count). The summed E-state index contributed by atoms with van der Waals surface area (Å²) < 4.78 is 5.18. The first-order valence-electron chi connectivity index (χ1n) is 11.2. The number of Topliss-reactive ketones (excluding diaryl/α,β-unsaturated/α-hetero) is 1. The van der Waals surface area contributed by atoms with Gasteiger partial charge in [-0.1, -0.05) is 60.7 Å². The largest absolute Gasteiger partial charge is 0.495 e. The van der Waals surface area contributed by atoms with Gasteiger partial charge in [0.1, 0.15) is 5.75 Å². The SMILES string of the molecule is COc1ccc(C(=O)CCN2CCN(C(c3ccccc3)c3ccccc3)CC2)cc1N. The van der Waals surface area contributed by atoms with E-state index in [2.05, 4.69) is 70.5 Å². The minimum Gasteiger partial charge on any atom is -0.495 e. The lowest BCUT2D eigenvalue weighted by Gasteiger charge is -2.39. The van der Waals surface area contributed by atoms with E-state index in [1.54, 1.807) is 25.3 Å². The number of piperazine rings is 1. The predicted octanol–water partition coefficient (Wildman–Crippen LogP) is 4.26. The number of benzene rings is 3. The van der Waals surface area contributed by atoms with Gasteiger partial charge in [0.25, 0.3) is 0 Å². The second-order valence-corrected chi connectivity index (χ2v) is 8.23. The zero-order valence-electron chi connectivity index (χ0n) is 18.6. The fraction of sp³-hybridized carbons (Fsp3) is 0.296. The maximum Gasteiger partial charge on any atom is 0.164 e. The number of ketones is 1. The third kappa shape index (κ3) is 5.18. The van der Waals surface area contributed by atoms with Gasteiger partial charge in [-0.3, -0.25) is 9.69 Å². The smallest absolute Gasteiger partial charge is 0.164 e. The van der Waals surface area contributed by atoms with E-state index in [0.717, 1.165) is 32.7 Å². The van der Waals surface area contributed by atoms with Crippen molar-refractivity contribution in [1.29, 1.82) is 0 Å². The lowest BCUT2D eigenvalue weighted by Crippen LogP contribution is -2.48. The van der Waals surface area contributed by atoms with Crippen LogP contribution in [0.4, 0.5) is 5.69 Å². The van der Waals surface area contributed by atoms with Gasteiger partial charge in [-0.25, -0.2) is 0 Å². The Morgan fingerprint density at radius 2 is 1.50 bits per heavy atom. The highest BCUT2D eigenvalue weighted by Gasteiger charge is 2.26. The van der Waals surface area contributed by atoms with E-state index in [0.29, 0.717) is 23.4 Å². The van der Waals surface area contributed by atoms with Crippen molar-refractivity contribution in [2.45, 2.75) is 12.5 Å². The van der Waals surface area contributed by atoms with Gasteiger partial charge in [-0.2, -0.15) is 0 Å². The van der Waals surface area contributed by atoms with Crippen LogP contribution in [-0.4, -0.2) is 55.4 Å². The van der Waals surface area contributed by atoms with Crippen LogP contribution in [0, 0.1) is 0 Å². The van der Waals surface area contributed by atoms with E-state index >= 15 is 0 Å². The predicted molar refractivity (Wildman–Crippen MR) is 129 cm³/mol. The molecule has 0 atom stereocenters. The zero-order valence-corrected chi connectivity index (χ0v) is 18.6. The van der Waals surface area contributed by atoms with Crippen molar-refractivity contribution in [3.8, 4) is 5.75 Å². The Morgan fingerprint density at radius 3 is 2.03 bits per heavy atom. The molecule has 0 aromatic heterocycles. The quantitative estimate of drug-likeness (QED) is 0.428. The summed E-state index contributed by atoms with van der Waals surface area (Å²) in [5, 5.41) is 0. The Balaban J connectivity index is 1.36. The van der Waals surface area contributed by atoms with E-state index in [9.17, 15) is 4.79 Å². The Morgan fingerprint density at radius 1 is 0.906 bits per heavy atom. The summed E-state index contributed by atoms with van der Waals surface area (Å²) in [6.07, 6.45) is 0.493. The van der Waals surface area contributed by atoms with Crippen LogP contribution in [0.15, 0.2) is 78.9 Å². The molecule has 1 fully saturated rings. The van der Waals surface area contributed by atoms with E-state index < -0.39 is 0 Å². The Labute approximate surface area is 190 Å². The molecule has 3 aromatic carbocycles. The van der Waals surface area contributed by atoms with Crippen LogP contribution in [0.5, 0.6) is 5.75 Å². The molecular formula is C27H31N3O2. The van der Waals surface area contributed by atoms with Crippen molar-refractivity contribution in [1.82, 2.24) is 9.80 Å². The standard InChI is InChI=1S/C27H31N3O2/c1-32-26-13-12-23(20-24(26)28)25(31)14-15-29-16-18-30(19-17-29)27(21-8-4-2-5-9-21)22-10-6-3-7-11-22/h2-13,20,27H,14-19,28H2,1H3. The van der Waals surface area contributed by atoms with Crippen LogP contribution >= 0.6 is 0 Å². The van der Waals surface area contributed by atoms with Crippen LogP contribution in [0.25, 0.3) is 0 Å². The van der Waals surface area contributed by atoms with Crippen molar-refractivity contribution in [2.75, 3.05) is 45.6 Å². The number of nitrogen functional groups attached to an aromatic ring is 1. The summed E-state index contributed by atoms with van der Waals surface area (Å²) in [4.78, 5) is 17.6. The van der Waals surface area contributed by atoms with Gasteiger partial charge in [-0.05, 0) is 29.3 Å². The molecule has 1 aliphatic heterocycles. The molecule has 5 heteroatoms. The molecule has 2 N–H and O–H groups in total. The van der Waals surface area contributed by atoms with E-state index in [1.165, 1.54) is 11.1 Å². The summed E-state index contributed by atoms with van der Waals surface area (Å²) in [6, 6.07) is 26.9. The Bertz CT molecular complexity index is 976. The van der Waals surface area contributed by atoms with Crippen LogP contribution in [0.2, 0.25) is 0 Å². The molecule has 0 saturated carbocycles. The van der Waals surface area contributed by atoms with Gasteiger partial charge in [0.2, 0.25) is 0 Å². The number of carbonyl (C=O) groups is 1. The summed E-state index contributed by atoms with van der Waals surface area (Å²) in [5.41, 5.74) is 9.74. The fourth-order valence-electron chi connectivity index (χ4n) is 4.44. The van der Waals surface area contributed by atoms with Crippen molar-refractivity contribution >= 4 is 11.5 Å². The molecule has 1 heterocycles. The van der Waals surface area contributed by atoms with E-state index in [-0.39, 0.29) is 11.8 Å². The first-order chi connectivity index (χ1) is 15.7. The maximum absolute atomic E-state index is 12.6. The highest BCUT2D eigenvalue weighted by Crippen LogP contribution is 2.29. The number of ether oxygens (including phenoxy) is 1. The molecule has 1 aliphatic rings. The summed E-state index contributed by atoms with van der Waals surface area (Å²) >= 11 is 0. The lowest BCUT2D eigenvalue weighted by atomic mass is 9.96. The summed E-state index contributed by atoms with van der Waals surface area (Å²) in [5.74, 6) is 0.720. The summed E-state index contributed by atoms with van der Waals surface area (Å²) in [6.45, 7) is 4.61. The van der Waals surface area contributed by atoms with Crippen LogP contribution in [0.1, 0.15) is 33.9 Å². The highest BCUT2D eigenvalue weighted by atomic mass is 16.5. The first kappa shape index (κ1) is 22.1. The van der Waals surface area contributed by atoms with Gasteiger partial charge in [0.05, 0.1) is 18.8 Å². The van der Waals surface area contributed by atoms with Gasteiger partial charge in [-0.15, -0.1) is 0 Å². The average molecular weight is 430 g/mol. The number of methoxy groups -OCH3 is 1. The monoisotopic (exact) mass is 429 g/mol. The fourth-order valence-corrected chi connectivity index (χ4v) is 4.44. The third-order valence-electron chi connectivity index (χ3n) is 6.21. The third-order valence-corrected chi connectivity index (χ3v) is 6.21. The lowest BCUT2D eigenvalue weighted by molar-refractivity contribution is 0.0893. The van der Waals surface area contributed by atoms with Crippen molar-refractivity contribution < 1.29 is 9.53 Å². The number of hydrogen-bond acceptors (Lipinski definition) is 5. The van der Waals surface area contributed by atoms with E-state index in [1.807, 2.05) is 0 Å². The maximum atomic E-state index is 12.6. The highest BCUT2D eigenvalue weighted by molar-refractivity contribution is 5.97. The number of rotatable bonds is 8. The van der Waals surface area contributed by atoms with Crippen LogP contribution in [-0.2, 0) is 0 Å². The Hall–Kier alpha value is -3.15. The van der Waals surface area contributed by atoms with E-state index in [4.69, 9.17) is 10.5 Å². The molecule has 0 unspecified atom stereocenters. The van der Waals surface area contributed by atoms with Gasteiger partial charge in [0.15, 0.2) is 5.78 Å². The number of hydrogen-bond donors (Lipinski definition) is 1. The molecule has 3 aromatic rings. The van der Waals surface area contributed by atoms with Crippen molar-refractivity contribution in [3.05, 3.63) is 95.6 Å². The molecule has 1 saturated heterocycles.